The molecule has 1 unspecified atom stereocenters. The summed E-state index contributed by atoms with van der Waals surface area (Å²) in [5, 5.41) is 0.923. The average molecular weight is 346 g/mol. The first-order valence-electron chi connectivity index (χ1n) is 9.82. The van der Waals surface area contributed by atoms with E-state index in [-0.39, 0.29) is 0 Å². The van der Waals surface area contributed by atoms with Gasteiger partial charge in [0.2, 0.25) is 0 Å². The minimum atomic E-state index is 0.394. The number of nitrogen functional groups attached to an aromatic ring is 1. The molecule has 0 radical (unpaired) electrons. The molecular formula is C22H26N4. The summed E-state index contributed by atoms with van der Waals surface area (Å²) in [4.78, 5) is 8.61. The summed E-state index contributed by atoms with van der Waals surface area (Å²) in [6, 6.07) is 6.77. The predicted octanol–water partition coefficient (Wildman–Crippen LogP) is 5.02. The summed E-state index contributed by atoms with van der Waals surface area (Å²) >= 11 is 0. The number of hydrogen-bond donors (Lipinski definition) is 1. The van der Waals surface area contributed by atoms with Crippen LogP contribution in [0, 0.1) is 6.92 Å². The second kappa shape index (κ2) is 5.57. The Balaban J connectivity index is 1.71. The second-order valence-electron chi connectivity index (χ2n) is 8.35. The molecule has 0 bridgehead atoms. The lowest BCUT2D eigenvalue weighted by Gasteiger charge is -2.35. The first-order chi connectivity index (χ1) is 12.6. The quantitative estimate of drug-likeness (QED) is 0.673. The zero-order valence-corrected chi connectivity index (χ0v) is 15.6. The van der Waals surface area contributed by atoms with E-state index in [9.17, 15) is 0 Å². The van der Waals surface area contributed by atoms with E-state index in [4.69, 9.17) is 5.73 Å². The second-order valence-corrected chi connectivity index (χ2v) is 8.35. The summed E-state index contributed by atoms with van der Waals surface area (Å²) in [6.45, 7) is 4.68. The van der Waals surface area contributed by atoms with Gasteiger partial charge >= 0.3 is 0 Å². The normalized spacial score (nSPS) is 21.4. The molecule has 1 spiro atoms. The molecule has 5 rings (SSSR count). The molecule has 2 aliphatic rings. The number of nitrogens with zero attached hydrogens (tertiary/aromatic N) is 3. The van der Waals surface area contributed by atoms with Crippen molar-refractivity contribution in [1.82, 2.24) is 14.5 Å². The molecule has 2 N–H and O–H groups in total. The van der Waals surface area contributed by atoms with Crippen LogP contribution in [0.15, 0.2) is 30.7 Å². The third-order valence-electron chi connectivity index (χ3n) is 6.73. The SMILES string of the molecule is Cc1cc(-n2ccc3c(N)ncnc32)cc2c1C(C)CC21CCCCC1. The first kappa shape index (κ1) is 15.9. The van der Waals surface area contributed by atoms with Crippen LogP contribution in [0.3, 0.4) is 0 Å². The van der Waals surface area contributed by atoms with Crippen LogP contribution in [0.4, 0.5) is 5.82 Å². The molecule has 1 saturated carbocycles. The summed E-state index contributed by atoms with van der Waals surface area (Å²) in [7, 11) is 0. The minimum absolute atomic E-state index is 0.394. The predicted molar refractivity (Wildman–Crippen MR) is 106 cm³/mol. The lowest BCUT2D eigenvalue weighted by molar-refractivity contribution is 0.282. The smallest absolute Gasteiger partial charge is 0.150 e. The molecule has 2 heterocycles. The van der Waals surface area contributed by atoms with Gasteiger partial charge in [0.05, 0.1) is 5.39 Å². The summed E-state index contributed by atoms with van der Waals surface area (Å²) in [6.07, 6.45) is 11.7. The standard InChI is InChI=1S/C22H26N4/c1-14-10-16(26-9-6-17-20(23)24-13-25-21(17)26)11-18-19(14)15(2)12-22(18)7-4-3-5-8-22/h6,9-11,13,15H,3-5,7-8,12H2,1-2H3,(H2,23,24,25). The number of nitrogens with two attached hydrogens (primary N) is 1. The van der Waals surface area contributed by atoms with Crippen LogP contribution in [-0.4, -0.2) is 14.5 Å². The number of aryl methyl sites for hydroxylation is 1. The van der Waals surface area contributed by atoms with Crippen molar-refractivity contribution >= 4 is 16.9 Å². The van der Waals surface area contributed by atoms with E-state index in [1.165, 1.54) is 49.8 Å². The highest BCUT2D eigenvalue weighted by Crippen LogP contribution is 2.54. The fourth-order valence-corrected chi connectivity index (χ4v) is 5.69. The van der Waals surface area contributed by atoms with Gasteiger partial charge in [-0.3, -0.25) is 0 Å². The molecule has 134 valence electrons. The fourth-order valence-electron chi connectivity index (χ4n) is 5.69. The van der Waals surface area contributed by atoms with Crippen molar-refractivity contribution in [2.24, 2.45) is 0 Å². The Labute approximate surface area is 154 Å². The van der Waals surface area contributed by atoms with Gasteiger partial charge in [-0.15, -0.1) is 0 Å². The van der Waals surface area contributed by atoms with Gasteiger partial charge in [-0.05, 0) is 72.4 Å². The maximum atomic E-state index is 6.03. The highest BCUT2D eigenvalue weighted by Gasteiger charge is 2.43. The molecule has 3 aromatic rings. The van der Waals surface area contributed by atoms with Crippen molar-refractivity contribution in [3.05, 3.63) is 47.4 Å². The lowest BCUT2D eigenvalue weighted by Crippen LogP contribution is -2.26. The van der Waals surface area contributed by atoms with Crippen molar-refractivity contribution in [2.45, 2.75) is 63.7 Å². The van der Waals surface area contributed by atoms with Gasteiger partial charge < -0.3 is 10.3 Å². The number of hydrogen-bond acceptors (Lipinski definition) is 3. The third kappa shape index (κ3) is 2.14. The molecule has 0 saturated heterocycles. The van der Waals surface area contributed by atoms with Gasteiger partial charge in [0.25, 0.3) is 0 Å². The van der Waals surface area contributed by atoms with E-state index in [1.807, 2.05) is 6.07 Å². The van der Waals surface area contributed by atoms with Gasteiger partial charge in [0, 0.05) is 11.9 Å². The molecule has 2 aromatic heterocycles. The van der Waals surface area contributed by atoms with Crippen molar-refractivity contribution in [1.29, 1.82) is 0 Å². The Morgan fingerprint density at radius 3 is 2.77 bits per heavy atom. The van der Waals surface area contributed by atoms with Crippen molar-refractivity contribution in [2.75, 3.05) is 5.73 Å². The van der Waals surface area contributed by atoms with Crippen molar-refractivity contribution in [3.63, 3.8) is 0 Å². The Morgan fingerprint density at radius 2 is 1.96 bits per heavy atom. The van der Waals surface area contributed by atoms with Gasteiger partial charge in [0.15, 0.2) is 0 Å². The highest BCUT2D eigenvalue weighted by molar-refractivity contribution is 5.87. The molecule has 26 heavy (non-hydrogen) atoms. The topological polar surface area (TPSA) is 56.7 Å². The summed E-state index contributed by atoms with van der Waals surface area (Å²) in [5.74, 6) is 1.21. The van der Waals surface area contributed by atoms with Crippen LogP contribution in [0.2, 0.25) is 0 Å². The number of rotatable bonds is 1. The number of fused-ring (bicyclic) bond motifs is 3. The number of benzene rings is 1. The summed E-state index contributed by atoms with van der Waals surface area (Å²) in [5.41, 5.74) is 13.1. The molecule has 0 amide bonds. The minimum Gasteiger partial charge on any atom is -0.383 e. The van der Waals surface area contributed by atoms with E-state index >= 15 is 0 Å². The van der Waals surface area contributed by atoms with E-state index in [2.05, 4.69) is 46.7 Å². The first-order valence-corrected chi connectivity index (χ1v) is 9.82. The van der Waals surface area contributed by atoms with Crippen LogP contribution in [0.1, 0.15) is 68.1 Å². The largest absolute Gasteiger partial charge is 0.383 e. The van der Waals surface area contributed by atoms with Gasteiger partial charge in [-0.25, -0.2) is 9.97 Å². The molecule has 1 fully saturated rings. The van der Waals surface area contributed by atoms with Crippen LogP contribution in [0.25, 0.3) is 16.7 Å². The van der Waals surface area contributed by atoms with E-state index in [0.717, 1.165) is 11.0 Å². The van der Waals surface area contributed by atoms with Crippen molar-refractivity contribution in [3.8, 4) is 5.69 Å². The molecule has 4 heteroatoms. The Bertz CT molecular complexity index is 995. The van der Waals surface area contributed by atoms with Crippen LogP contribution in [-0.2, 0) is 5.41 Å². The zero-order valence-electron chi connectivity index (χ0n) is 15.6. The maximum absolute atomic E-state index is 6.03. The molecule has 2 aliphatic carbocycles. The number of aromatic nitrogens is 3. The van der Waals surface area contributed by atoms with Crippen LogP contribution < -0.4 is 5.73 Å². The monoisotopic (exact) mass is 346 g/mol. The van der Waals surface area contributed by atoms with Crippen LogP contribution in [0.5, 0.6) is 0 Å². The van der Waals surface area contributed by atoms with Gasteiger partial charge in [-0.2, -0.15) is 0 Å². The van der Waals surface area contributed by atoms with Crippen LogP contribution >= 0.6 is 0 Å². The maximum Gasteiger partial charge on any atom is 0.150 e. The molecule has 1 atom stereocenters. The summed E-state index contributed by atoms with van der Waals surface area (Å²) < 4.78 is 2.17. The average Bonchev–Trinajstić information content (AvgIpc) is 3.17. The van der Waals surface area contributed by atoms with Crippen molar-refractivity contribution < 1.29 is 0 Å². The molecular weight excluding hydrogens is 320 g/mol. The third-order valence-corrected chi connectivity index (χ3v) is 6.73. The van der Waals surface area contributed by atoms with E-state index in [0.29, 0.717) is 17.2 Å². The number of anilines is 1. The lowest BCUT2D eigenvalue weighted by atomic mass is 9.70. The fraction of sp³-hybridized carbons (Fsp3) is 0.455. The highest BCUT2D eigenvalue weighted by atomic mass is 15.1. The zero-order chi connectivity index (χ0) is 17.9. The Hall–Kier alpha value is -2.36. The van der Waals surface area contributed by atoms with Gasteiger partial charge in [-0.1, -0.05) is 26.2 Å². The van der Waals surface area contributed by atoms with E-state index in [1.54, 1.807) is 17.5 Å². The molecule has 4 nitrogen and oxygen atoms in total. The van der Waals surface area contributed by atoms with Gasteiger partial charge in [0.1, 0.15) is 17.8 Å². The molecule has 0 aliphatic heterocycles. The Kier molecular flexibility index (Phi) is 3.40. The Morgan fingerprint density at radius 1 is 1.15 bits per heavy atom. The van der Waals surface area contributed by atoms with E-state index < -0.39 is 0 Å². The molecule has 1 aromatic carbocycles.